The molecule has 0 aromatic carbocycles. The van der Waals surface area contributed by atoms with E-state index in [2.05, 4.69) is 15.6 Å². The van der Waals surface area contributed by atoms with Gasteiger partial charge in [0.2, 0.25) is 5.91 Å². The van der Waals surface area contributed by atoms with Crippen molar-refractivity contribution in [1.29, 1.82) is 0 Å². The average Bonchev–Trinajstić information content (AvgIpc) is 2.28. The lowest BCUT2D eigenvalue weighted by Gasteiger charge is -2.19. The van der Waals surface area contributed by atoms with Gasteiger partial charge in [-0.25, -0.2) is 0 Å². The molecule has 1 aromatic rings. The standard InChI is InChI=1S/C13H19N3O3/c1-13(2,3)15-8-11(17)16-10-5-4-9(14-7-10)6-12(18)19/h4-5,7,15H,6,8H2,1-3H3,(H,16,17)(H,18,19). The molecule has 0 atom stereocenters. The van der Waals surface area contributed by atoms with Crippen LogP contribution in [0.5, 0.6) is 0 Å². The normalized spacial score (nSPS) is 11.1. The summed E-state index contributed by atoms with van der Waals surface area (Å²) in [6.07, 6.45) is 1.33. The number of carboxylic acids is 1. The molecule has 6 nitrogen and oxygen atoms in total. The Hall–Kier alpha value is -1.95. The maximum atomic E-state index is 11.6. The predicted octanol–water partition coefficient (Wildman–Crippen LogP) is 1.04. The Kier molecular flexibility index (Phi) is 5.00. The van der Waals surface area contributed by atoms with Crippen molar-refractivity contribution in [1.82, 2.24) is 10.3 Å². The maximum Gasteiger partial charge on any atom is 0.309 e. The van der Waals surface area contributed by atoms with Gasteiger partial charge in [0.05, 0.1) is 30.5 Å². The van der Waals surface area contributed by atoms with E-state index in [9.17, 15) is 9.59 Å². The van der Waals surface area contributed by atoms with Crippen LogP contribution in [-0.4, -0.2) is 34.1 Å². The van der Waals surface area contributed by atoms with Gasteiger partial charge in [0, 0.05) is 5.54 Å². The van der Waals surface area contributed by atoms with Crippen molar-refractivity contribution in [2.75, 3.05) is 11.9 Å². The molecule has 0 aliphatic heterocycles. The Balaban J connectivity index is 2.49. The first-order chi connectivity index (χ1) is 8.76. The number of aromatic nitrogens is 1. The van der Waals surface area contributed by atoms with E-state index in [-0.39, 0.29) is 24.4 Å². The summed E-state index contributed by atoms with van der Waals surface area (Å²) in [6.45, 7) is 6.13. The second-order valence-corrected chi connectivity index (χ2v) is 5.26. The molecule has 104 valence electrons. The highest BCUT2D eigenvalue weighted by molar-refractivity contribution is 5.92. The summed E-state index contributed by atoms with van der Waals surface area (Å²) in [6, 6.07) is 3.22. The van der Waals surface area contributed by atoms with Crippen molar-refractivity contribution in [3.63, 3.8) is 0 Å². The van der Waals surface area contributed by atoms with E-state index in [4.69, 9.17) is 5.11 Å². The van der Waals surface area contributed by atoms with Crippen LogP contribution in [0.15, 0.2) is 18.3 Å². The summed E-state index contributed by atoms with van der Waals surface area (Å²) >= 11 is 0. The third kappa shape index (κ3) is 6.52. The number of carbonyl (C=O) groups is 2. The van der Waals surface area contributed by atoms with Gasteiger partial charge >= 0.3 is 5.97 Å². The monoisotopic (exact) mass is 265 g/mol. The Bertz CT molecular complexity index is 449. The quantitative estimate of drug-likeness (QED) is 0.739. The summed E-state index contributed by atoms with van der Waals surface area (Å²) in [5.74, 6) is -1.10. The summed E-state index contributed by atoms with van der Waals surface area (Å²) in [5.41, 5.74) is 0.883. The zero-order valence-electron chi connectivity index (χ0n) is 11.4. The van der Waals surface area contributed by atoms with Crippen molar-refractivity contribution in [3.8, 4) is 0 Å². The van der Waals surface area contributed by atoms with Crippen LogP contribution in [0.2, 0.25) is 0 Å². The van der Waals surface area contributed by atoms with Crippen LogP contribution in [0.4, 0.5) is 5.69 Å². The average molecular weight is 265 g/mol. The molecule has 6 heteroatoms. The SMILES string of the molecule is CC(C)(C)NCC(=O)Nc1ccc(CC(=O)O)nc1. The van der Waals surface area contributed by atoms with Gasteiger partial charge in [-0.1, -0.05) is 0 Å². The number of nitrogens with zero attached hydrogens (tertiary/aromatic N) is 1. The second-order valence-electron chi connectivity index (χ2n) is 5.26. The Morgan fingerprint density at radius 2 is 2.00 bits per heavy atom. The lowest BCUT2D eigenvalue weighted by atomic mass is 10.1. The first-order valence-corrected chi connectivity index (χ1v) is 5.98. The van der Waals surface area contributed by atoms with E-state index in [0.29, 0.717) is 11.4 Å². The zero-order chi connectivity index (χ0) is 14.5. The summed E-state index contributed by atoms with van der Waals surface area (Å²) in [5, 5.41) is 14.4. The molecule has 0 radical (unpaired) electrons. The van der Waals surface area contributed by atoms with Crippen molar-refractivity contribution in [2.24, 2.45) is 0 Å². The van der Waals surface area contributed by atoms with E-state index >= 15 is 0 Å². The second kappa shape index (κ2) is 6.29. The minimum absolute atomic E-state index is 0.124. The number of amides is 1. The molecular weight excluding hydrogens is 246 g/mol. The number of hydrogen-bond acceptors (Lipinski definition) is 4. The highest BCUT2D eigenvalue weighted by Crippen LogP contribution is 2.06. The number of anilines is 1. The van der Waals surface area contributed by atoms with Crippen LogP contribution in [0, 0.1) is 0 Å². The van der Waals surface area contributed by atoms with E-state index in [1.165, 1.54) is 6.20 Å². The van der Waals surface area contributed by atoms with Gasteiger partial charge in [-0.05, 0) is 32.9 Å². The van der Waals surface area contributed by atoms with E-state index in [1.54, 1.807) is 12.1 Å². The fourth-order valence-electron chi connectivity index (χ4n) is 1.31. The number of carboxylic acid groups (broad SMARTS) is 1. The molecule has 0 saturated carbocycles. The van der Waals surface area contributed by atoms with Crippen LogP contribution in [0.25, 0.3) is 0 Å². The molecule has 1 amide bonds. The number of hydrogen-bond donors (Lipinski definition) is 3. The van der Waals surface area contributed by atoms with Crippen LogP contribution >= 0.6 is 0 Å². The Morgan fingerprint density at radius 3 is 2.47 bits per heavy atom. The third-order valence-corrected chi connectivity index (χ3v) is 2.22. The van der Waals surface area contributed by atoms with Gasteiger partial charge in [0.25, 0.3) is 0 Å². The van der Waals surface area contributed by atoms with Gasteiger partial charge in [0.15, 0.2) is 0 Å². The van der Waals surface area contributed by atoms with Crippen molar-refractivity contribution in [3.05, 3.63) is 24.0 Å². The number of pyridine rings is 1. The number of aliphatic carboxylic acids is 1. The van der Waals surface area contributed by atoms with Crippen LogP contribution in [0.3, 0.4) is 0 Å². The first-order valence-electron chi connectivity index (χ1n) is 5.98. The molecule has 0 aliphatic carbocycles. The summed E-state index contributed by atoms with van der Waals surface area (Å²) in [7, 11) is 0. The predicted molar refractivity (Wildman–Crippen MR) is 72.0 cm³/mol. The third-order valence-electron chi connectivity index (χ3n) is 2.22. The highest BCUT2D eigenvalue weighted by Gasteiger charge is 2.11. The van der Waals surface area contributed by atoms with Crippen LogP contribution < -0.4 is 10.6 Å². The molecule has 1 rings (SSSR count). The topological polar surface area (TPSA) is 91.3 Å². The van der Waals surface area contributed by atoms with Crippen LogP contribution in [-0.2, 0) is 16.0 Å². The smallest absolute Gasteiger partial charge is 0.309 e. The molecule has 3 N–H and O–H groups in total. The van der Waals surface area contributed by atoms with Crippen molar-refractivity contribution < 1.29 is 14.7 Å². The zero-order valence-corrected chi connectivity index (χ0v) is 11.4. The lowest BCUT2D eigenvalue weighted by Crippen LogP contribution is -2.41. The molecule has 0 saturated heterocycles. The first kappa shape index (κ1) is 15.1. The fourth-order valence-corrected chi connectivity index (χ4v) is 1.31. The molecule has 1 heterocycles. The molecule has 19 heavy (non-hydrogen) atoms. The van der Waals surface area contributed by atoms with Gasteiger partial charge in [-0.15, -0.1) is 0 Å². The number of rotatable bonds is 5. The van der Waals surface area contributed by atoms with Crippen molar-refractivity contribution in [2.45, 2.75) is 32.7 Å². The van der Waals surface area contributed by atoms with E-state index in [0.717, 1.165) is 0 Å². The number of nitrogens with one attached hydrogen (secondary N) is 2. The molecular formula is C13H19N3O3. The summed E-state index contributed by atoms with van der Waals surface area (Å²) < 4.78 is 0. The maximum absolute atomic E-state index is 11.6. The minimum Gasteiger partial charge on any atom is -0.481 e. The Labute approximate surface area is 112 Å². The van der Waals surface area contributed by atoms with E-state index in [1.807, 2.05) is 20.8 Å². The molecule has 0 spiro atoms. The highest BCUT2D eigenvalue weighted by atomic mass is 16.4. The van der Waals surface area contributed by atoms with Gasteiger partial charge in [0.1, 0.15) is 0 Å². The van der Waals surface area contributed by atoms with Crippen molar-refractivity contribution >= 4 is 17.6 Å². The summed E-state index contributed by atoms with van der Waals surface area (Å²) in [4.78, 5) is 26.1. The largest absolute Gasteiger partial charge is 0.481 e. The lowest BCUT2D eigenvalue weighted by molar-refractivity contribution is -0.136. The van der Waals surface area contributed by atoms with Gasteiger partial charge in [-0.3, -0.25) is 14.6 Å². The minimum atomic E-state index is -0.932. The molecule has 0 fully saturated rings. The molecule has 1 aromatic heterocycles. The molecule has 0 unspecified atom stereocenters. The fraction of sp³-hybridized carbons (Fsp3) is 0.462. The van der Waals surface area contributed by atoms with Gasteiger partial charge < -0.3 is 15.7 Å². The number of carbonyl (C=O) groups excluding carboxylic acids is 1. The van der Waals surface area contributed by atoms with Gasteiger partial charge in [-0.2, -0.15) is 0 Å². The Morgan fingerprint density at radius 1 is 1.32 bits per heavy atom. The van der Waals surface area contributed by atoms with E-state index < -0.39 is 5.97 Å². The molecule has 0 bridgehead atoms. The molecule has 0 aliphatic rings. The van der Waals surface area contributed by atoms with Crippen LogP contribution in [0.1, 0.15) is 26.5 Å².